The Labute approximate surface area is 116 Å². The summed E-state index contributed by atoms with van der Waals surface area (Å²) in [5.74, 6) is 0.991. The summed E-state index contributed by atoms with van der Waals surface area (Å²) < 4.78 is 5.80. The molecular weight excluding hydrogens is 236 g/mol. The Morgan fingerprint density at radius 1 is 1.37 bits per heavy atom. The Morgan fingerprint density at radius 2 is 2.26 bits per heavy atom. The molecule has 0 bridgehead atoms. The quantitative estimate of drug-likeness (QED) is 0.825. The van der Waals surface area contributed by atoms with Gasteiger partial charge >= 0.3 is 0 Å². The topological polar surface area (TPSA) is 24.5 Å². The molecule has 1 heterocycles. The molecule has 3 heteroatoms. The lowest BCUT2D eigenvalue weighted by molar-refractivity contribution is 0.197. The average Bonchev–Trinajstić information content (AvgIpc) is 2.60. The van der Waals surface area contributed by atoms with Gasteiger partial charge in [0.15, 0.2) is 0 Å². The van der Waals surface area contributed by atoms with Crippen molar-refractivity contribution in [2.24, 2.45) is 0 Å². The van der Waals surface area contributed by atoms with E-state index in [1.807, 2.05) is 12.1 Å². The second-order valence-corrected chi connectivity index (χ2v) is 5.44. The summed E-state index contributed by atoms with van der Waals surface area (Å²) in [7, 11) is 0. The molecule has 1 aromatic rings. The molecule has 0 aromatic heterocycles. The van der Waals surface area contributed by atoms with Crippen molar-refractivity contribution in [1.82, 2.24) is 10.2 Å². The Balaban J connectivity index is 1.68. The highest BCUT2D eigenvalue weighted by Crippen LogP contribution is 2.13. The van der Waals surface area contributed by atoms with Crippen LogP contribution in [0.25, 0.3) is 0 Å². The molecule has 2 rings (SSSR count). The van der Waals surface area contributed by atoms with Gasteiger partial charge in [0.1, 0.15) is 5.75 Å². The van der Waals surface area contributed by atoms with Crippen LogP contribution in [-0.4, -0.2) is 43.7 Å². The third-order valence-corrected chi connectivity index (χ3v) is 3.79. The zero-order valence-corrected chi connectivity index (χ0v) is 12.2. The third kappa shape index (κ3) is 4.84. The van der Waals surface area contributed by atoms with Crippen molar-refractivity contribution in [3.8, 4) is 5.75 Å². The van der Waals surface area contributed by atoms with Crippen LogP contribution in [0.5, 0.6) is 5.75 Å². The zero-order valence-electron chi connectivity index (χ0n) is 12.2. The van der Waals surface area contributed by atoms with E-state index in [-0.39, 0.29) is 0 Å². The van der Waals surface area contributed by atoms with Crippen LogP contribution in [-0.2, 0) is 0 Å². The maximum Gasteiger partial charge on any atom is 0.119 e. The van der Waals surface area contributed by atoms with Crippen molar-refractivity contribution >= 4 is 0 Å². The number of nitrogens with one attached hydrogen (secondary N) is 1. The summed E-state index contributed by atoms with van der Waals surface area (Å²) in [6, 6.07) is 8.96. The molecule has 0 saturated carbocycles. The van der Waals surface area contributed by atoms with Gasteiger partial charge in [0.05, 0.1) is 6.61 Å². The molecule has 0 amide bonds. The van der Waals surface area contributed by atoms with E-state index in [0.717, 1.165) is 45.0 Å². The molecule has 1 aliphatic heterocycles. The van der Waals surface area contributed by atoms with Gasteiger partial charge in [0.2, 0.25) is 0 Å². The molecule has 3 nitrogen and oxygen atoms in total. The van der Waals surface area contributed by atoms with E-state index < -0.39 is 0 Å². The fourth-order valence-corrected chi connectivity index (χ4v) is 2.56. The Morgan fingerprint density at radius 3 is 3.11 bits per heavy atom. The molecule has 1 atom stereocenters. The van der Waals surface area contributed by atoms with Crippen molar-refractivity contribution < 1.29 is 4.74 Å². The number of hydrogen-bond acceptors (Lipinski definition) is 3. The second-order valence-electron chi connectivity index (χ2n) is 5.44. The average molecular weight is 262 g/mol. The third-order valence-electron chi connectivity index (χ3n) is 3.79. The predicted molar refractivity (Wildman–Crippen MR) is 79.8 cm³/mol. The van der Waals surface area contributed by atoms with Crippen LogP contribution in [0.15, 0.2) is 24.3 Å². The number of nitrogens with zero attached hydrogens (tertiary/aromatic N) is 1. The largest absolute Gasteiger partial charge is 0.494 e. The van der Waals surface area contributed by atoms with Gasteiger partial charge in [-0.3, -0.25) is 4.90 Å². The Bertz CT molecular complexity index is 381. The van der Waals surface area contributed by atoms with Gasteiger partial charge in [0, 0.05) is 25.7 Å². The van der Waals surface area contributed by atoms with E-state index >= 15 is 0 Å². The first-order chi connectivity index (χ1) is 9.25. The number of benzene rings is 1. The van der Waals surface area contributed by atoms with Crippen molar-refractivity contribution in [3.05, 3.63) is 29.8 Å². The SMILES string of the molecule is Cc1cccc(OCCCN2CCNCCC2C)c1. The molecule has 1 unspecified atom stereocenters. The first kappa shape index (κ1) is 14.4. The zero-order chi connectivity index (χ0) is 13.5. The van der Waals surface area contributed by atoms with E-state index in [0.29, 0.717) is 6.04 Å². The van der Waals surface area contributed by atoms with Crippen molar-refractivity contribution in [2.45, 2.75) is 32.7 Å². The molecule has 0 radical (unpaired) electrons. The van der Waals surface area contributed by atoms with Gasteiger partial charge in [-0.15, -0.1) is 0 Å². The predicted octanol–water partition coefficient (Wildman–Crippen LogP) is 2.45. The van der Waals surface area contributed by atoms with Crippen LogP contribution in [0.4, 0.5) is 0 Å². The minimum Gasteiger partial charge on any atom is -0.494 e. The van der Waals surface area contributed by atoms with Gasteiger partial charge in [-0.1, -0.05) is 12.1 Å². The summed E-state index contributed by atoms with van der Waals surface area (Å²) in [5, 5.41) is 3.46. The number of ether oxygens (including phenoxy) is 1. The minimum atomic E-state index is 0.689. The van der Waals surface area contributed by atoms with Crippen molar-refractivity contribution in [2.75, 3.05) is 32.8 Å². The van der Waals surface area contributed by atoms with Crippen LogP contribution in [0.2, 0.25) is 0 Å². The minimum absolute atomic E-state index is 0.689. The van der Waals surface area contributed by atoms with Crippen LogP contribution < -0.4 is 10.1 Å². The Kier molecular flexibility index (Phi) is 5.67. The number of aryl methyl sites for hydroxylation is 1. The van der Waals surface area contributed by atoms with E-state index in [9.17, 15) is 0 Å². The van der Waals surface area contributed by atoms with Crippen molar-refractivity contribution in [1.29, 1.82) is 0 Å². The second kappa shape index (κ2) is 7.51. The fourth-order valence-electron chi connectivity index (χ4n) is 2.56. The first-order valence-electron chi connectivity index (χ1n) is 7.40. The summed E-state index contributed by atoms with van der Waals surface area (Å²) in [5.41, 5.74) is 1.25. The maximum atomic E-state index is 5.80. The molecule has 1 saturated heterocycles. The molecule has 0 spiro atoms. The van der Waals surface area contributed by atoms with Crippen LogP contribution in [0.1, 0.15) is 25.3 Å². The molecule has 1 fully saturated rings. The Hall–Kier alpha value is -1.06. The monoisotopic (exact) mass is 262 g/mol. The van der Waals surface area contributed by atoms with Gasteiger partial charge < -0.3 is 10.1 Å². The van der Waals surface area contributed by atoms with E-state index in [1.165, 1.54) is 12.0 Å². The summed E-state index contributed by atoms with van der Waals surface area (Å²) in [6.07, 6.45) is 2.34. The molecule has 0 aliphatic carbocycles. The lowest BCUT2D eigenvalue weighted by atomic mass is 10.2. The van der Waals surface area contributed by atoms with Crippen LogP contribution in [0, 0.1) is 6.92 Å². The number of rotatable bonds is 5. The molecule has 106 valence electrons. The standard InChI is InChI=1S/C16H26N2O/c1-14-5-3-6-16(13-14)19-12-4-10-18-11-9-17-8-7-15(18)2/h3,5-6,13,15,17H,4,7-12H2,1-2H3. The highest BCUT2D eigenvalue weighted by atomic mass is 16.5. The van der Waals surface area contributed by atoms with Gasteiger partial charge in [-0.25, -0.2) is 0 Å². The van der Waals surface area contributed by atoms with Crippen LogP contribution >= 0.6 is 0 Å². The molecule has 19 heavy (non-hydrogen) atoms. The van der Waals surface area contributed by atoms with Crippen molar-refractivity contribution in [3.63, 3.8) is 0 Å². The lowest BCUT2D eigenvalue weighted by Gasteiger charge is -2.26. The summed E-state index contributed by atoms with van der Waals surface area (Å²) in [6.45, 7) is 9.79. The van der Waals surface area contributed by atoms with E-state index in [2.05, 4.69) is 36.2 Å². The molecule has 1 aromatic carbocycles. The van der Waals surface area contributed by atoms with Gasteiger partial charge in [-0.2, -0.15) is 0 Å². The first-order valence-corrected chi connectivity index (χ1v) is 7.40. The lowest BCUT2D eigenvalue weighted by Crippen LogP contribution is -2.35. The van der Waals surface area contributed by atoms with E-state index in [1.54, 1.807) is 0 Å². The van der Waals surface area contributed by atoms with Gasteiger partial charge in [0.25, 0.3) is 0 Å². The van der Waals surface area contributed by atoms with E-state index in [4.69, 9.17) is 4.74 Å². The molecule has 1 aliphatic rings. The van der Waals surface area contributed by atoms with Gasteiger partial charge in [-0.05, 0) is 50.9 Å². The maximum absolute atomic E-state index is 5.80. The highest BCUT2D eigenvalue weighted by Gasteiger charge is 2.15. The number of hydrogen-bond donors (Lipinski definition) is 1. The summed E-state index contributed by atoms with van der Waals surface area (Å²) >= 11 is 0. The molecule has 1 N–H and O–H groups in total. The fraction of sp³-hybridized carbons (Fsp3) is 0.625. The summed E-state index contributed by atoms with van der Waals surface area (Å²) in [4.78, 5) is 2.57. The highest BCUT2D eigenvalue weighted by molar-refractivity contribution is 5.27. The van der Waals surface area contributed by atoms with Crippen LogP contribution in [0.3, 0.4) is 0 Å². The normalized spacial score (nSPS) is 21.1. The smallest absolute Gasteiger partial charge is 0.119 e. The molecular formula is C16H26N2O.